The standard InChI is InChI=1S/CH4N4O4.2K/c6-4(7)2-1-3-5(8)9;;/h2-3H,1H2;;. The first-order valence-corrected chi connectivity index (χ1v) is 1.88. The summed E-state index contributed by atoms with van der Waals surface area (Å²) in [5, 5.41) is 17.1. The molecule has 0 saturated carbocycles. The first-order valence-electron chi connectivity index (χ1n) is 1.88. The summed E-state index contributed by atoms with van der Waals surface area (Å²) in [4.78, 5) is 18.8. The van der Waals surface area contributed by atoms with Gasteiger partial charge in [-0.2, -0.15) is 0 Å². The summed E-state index contributed by atoms with van der Waals surface area (Å²) in [6, 6.07) is 0. The van der Waals surface area contributed by atoms with Crippen LogP contribution in [0.3, 0.4) is 0 Å². The maximum Gasteiger partial charge on any atom is 0.201 e. The molecule has 0 saturated heterocycles. The molecule has 0 aliphatic rings. The molecule has 0 aliphatic carbocycles. The van der Waals surface area contributed by atoms with Crippen molar-refractivity contribution in [2.75, 3.05) is 6.67 Å². The van der Waals surface area contributed by atoms with E-state index in [1.807, 2.05) is 0 Å². The number of nitrogens with zero attached hydrogens (tertiary/aromatic N) is 2. The number of nitrogens with one attached hydrogen (secondary N) is 2. The maximum atomic E-state index is 9.41. The van der Waals surface area contributed by atoms with Crippen LogP contribution in [-0.4, -0.2) is 120 Å². The Bertz CT molecular complexity index is 115. The second-order valence-corrected chi connectivity index (χ2v) is 1.01. The van der Waals surface area contributed by atoms with E-state index in [2.05, 4.69) is 0 Å². The predicted molar refractivity (Wildman–Crippen MR) is 36.6 cm³/mol. The number of nitro groups is 2. The van der Waals surface area contributed by atoms with E-state index in [1.165, 1.54) is 0 Å². The van der Waals surface area contributed by atoms with Gasteiger partial charge in [0, 0.05) is 103 Å². The molecule has 10 heteroatoms. The van der Waals surface area contributed by atoms with Crippen molar-refractivity contribution in [2.45, 2.75) is 0 Å². The Labute approximate surface area is 147 Å². The Morgan fingerprint density at radius 1 is 1.00 bits per heavy atom. The van der Waals surface area contributed by atoms with Crippen molar-refractivity contribution in [3.05, 3.63) is 20.2 Å². The number of hydrazine groups is 2. The van der Waals surface area contributed by atoms with Crippen LogP contribution in [0, 0.1) is 20.2 Å². The third kappa shape index (κ3) is 18.6. The molecular formula is CH4K2N4O4. The maximum absolute atomic E-state index is 9.41. The average Bonchev–Trinajstić information content (AvgIpc) is 1.63. The van der Waals surface area contributed by atoms with Gasteiger partial charge in [0.05, 0.1) is 0 Å². The molecule has 0 spiro atoms. The minimum atomic E-state index is -0.878. The normalized spacial score (nSPS) is 6.55. The minimum absolute atomic E-state index is 0. The molecule has 0 aromatic carbocycles. The van der Waals surface area contributed by atoms with Gasteiger partial charge < -0.3 is 0 Å². The van der Waals surface area contributed by atoms with E-state index in [9.17, 15) is 20.2 Å². The van der Waals surface area contributed by atoms with Gasteiger partial charge in [0.2, 0.25) is 6.67 Å². The topological polar surface area (TPSA) is 110 Å². The summed E-state index contributed by atoms with van der Waals surface area (Å²) >= 11 is 0. The molecule has 0 amide bonds. The SMILES string of the molecule is O=[N+]([O-])NCN[N+](=O)[O-].[K].[K]. The molecule has 0 fully saturated rings. The van der Waals surface area contributed by atoms with Gasteiger partial charge in [-0.05, 0) is 0 Å². The zero-order valence-corrected chi connectivity index (χ0v) is 12.5. The van der Waals surface area contributed by atoms with Crippen molar-refractivity contribution in [1.29, 1.82) is 0 Å². The quantitative estimate of drug-likeness (QED) is 0.237. The average molecular weight is 214 g/mol. The fourth-order valence-electron chi connectivity index (χ4n) is 0.164. The van der Waals surface area contributed by atoms with Gasteiger partial charge in [-0.25, -0.2) is 20.2 Å². The van der Waals surface area contributed by atoms with Crippen LogP contribution in [0.5, 0.6) is 0 Å². The molecule has 0 rings (SSSR count). The summed E-state index contributed by atoms with van der Waals surface area (Å²) in [5.41, 5.74) is 3.09. The summed E-state index contributed by atoms with van der Waals surface area (Å²) in [6.07, 6.45) is 0. The van der Waals surface area contributed by atoms with Crippen LogP contribution >= 0.6 is 0 Å². The fourth-order valence-corrected chi connectivity index (χ4v) is 0.164. The summed E-state index contributed by atoms with van der Waals surface area (Å²) in [5.74, 6) is 0. The van der Waals surface area contributed by atoms with E-state index in [0.29, 0.717) is 0 Å². The van der Waals surface area contributed by atoms with Crippen molar-refractivity contribution in [1.82, 2.24) is 10.9 Å². The van der Waals surface area contributed by atoms with Gasteiger partial charge in [-0.15, -0.1) is 10.9 Å². The number of rotatable bonds is 4. The van der Waals surface area contributed by atoms with Gasteiger partial charge in [0.25, 0.3) is 0 Å². The van der Waals surface area contributed by atoms with Crippen molar-refractivity contribution >= 4 is 103 Å². The molecular weight excluding hydrogens is 210 g/mol. The van der Waals surface area contributed by atoms with Crippen molar-refractivity contribution < 1.29 is 10.1 Å². The van der Waals surface area contributed by atoms with Crippen LogP contribution in [0.25, 0.3) is 0 Å². The first-order chi connectivity index (χ1) is 4.13. The molecule has 0 aliphatic heterocycles. The number of hydrogen-bond acceptors (Lipinski definition) is 4. The van der Waals surface area contributed by atoms with Crippen LogP contribution in [0.4, 0.5) is 0 Å². The molecule has 8 nitrogen and oxygen atoms in total. The molecule has 2 radical (unpaired) electrons. The predicted octanol–water partition coefficient (Wildman–Crippen LogP) is -2.26. The smallest absolute Gasteiger partial charge is 0.201 e. The van der Waals surface area contributed by atoms with E-state index in [4.69, 9.17) is 0 Å². The van der Waals surface area contributed by atoms with Crippen LogP contribution in [0.2, 0.25) is 0 Å². The monoisotopic (exact) mass is 214 g/mol. The minimum Gasteiger partial charge on any atom is -0.235 e. The van der Waals surface area contributed by atoms with Gasteiger partial charge >= 0.3 is 0 Å². The summed E-state index contributed by atoms with van der Waals surface area (Å²) in [6.45, 7) is -0.486. The zero-order chi connectivity index (χ0) is 7.28. The first kappa shape index (κ1) is 18.5. The Hall–Kier alpha value is 1.67. The Morgan fingerprint density at radius 2 is 1.27 bits per heavy atom. The molecule has 0 heterocycles. The van der Waals surface area contributed by atoms with Crippen LogP contribution in [0.15, 0.2) is 0 Å². The Balaban J connectivity index is -0.000000320. The Morgan fingerprint density at radius 3 is 1.45 bits per heavy atom. The molecule has 0 aromatic rings. The van der Waals surface area contributed by atoms with Gasteiger partial charge in [-0.3, -0.25) is 0 Å². The van der Waals surface area contributed by atoms with Crippen LogP contribution in [-0.2, 0) is 0 Å². The summed E-state index contributed by atoms with van der Waals surface area (Å²) in [7, 11) is 0. The van der Waals surface area contributed by atoms with E-state index < -0.39 is 16.7 Å². The third-order valence-corrected chi connectivity index (χ3v) is 0.416. The van der Waals surface area contributed by atoms with E-state index in [0.717, 1.165) is 0 Å². The van der Waals surface area contributed by atoms with E-state index in [-0.39, 0.29) is 103 Å². The van der Waals surface area contributed by atoms with Crippen LogP contribution in [0.1, 0.15) is 0 Å². The van der Waals surface area contributed by atoms with Gasteiger partial charge in [0.15, 0.2) is 10.1 Å². The second-order valence-electron chi connectivity index (χ2n) is 1.01. The number of hydrogen-bond donors (Lipinski definition) is 2. The molecule has 0 unspecified atom stereocenters. The molecule has 0 aromatic heterocycles. The fraction of sp³-hybridized carbons (Fsp3) is 1.00. The van der Waals surface area contributed by atoms with Crippen molar-refractivity contribution in [3.8, 4) is 0 Å². The van der Waals surface area contributed by atoms with Crippen molar-refractivity contribution in [2.24, 2.45) is 0 Å². The molecule has 11 heavy (non-hydrogen) atoms. The largest absolute Gasteiger partial charge is 0.235 e. The molecule has 0 atom stereocenters. The third-order valence-electron chi connectivity index (χ3n) is 0.416. The van der Waals surface area contributed by atoms with E-state index in [1.54, 1.807) is 10.9 Å². The van der Waals surface area contributed by atoms with Gasteiger partial charge in [0.1, 0.15) is 0 Å². The Kier molecular flexibility index (Phi) is 19.6. The van der Waals surface area contributed by atoms with Crippen molar-refractivity contribution in [3.63, 3.8) is 0 Å². The summed E-state index contributed by atoms with van der Waals surface area (Å²) < 4.78 is 0. The second kappa shape index (κ2) is 11.7. The zero-order valence-electron chi connectivity index (χ0n) is 6.23. The molecule has 0 bridgehead atoms. The van der Waals surface area contributed by atoms with Gasteiger partial charge in [-0.1, -0.05) is 0 Å². The molecule has 2 N–H and O–H groups in total. The molecule has 54 valence electrons. The van der Waals surface area contributed by atoms with E-state index >= 15 is 0 Å². The van der Waals surface area contributed by atoms with Crippen LogP contribution < -0.4 is 10.9 Å².